The fraction of sp³-hybridized carbons (Fsp3) is 0.667. The first-order valence-electron chi connectivity index (χ1n) is 9.80. The Hall–Kier alpha value is -3.26. The van der Waals surface area contributed by atoms with Crippen LogP contribution in [0.1, 0.15) is 39.5 Å². The Labute approximate surface area is 184 Å². The monoisotopic (exact) mass is 461 g/mol. The number of hydrogen-bond donors (Lipinski definition) is 8. The van der Waals surface area contributed by atoms with Crippen LogP contribution in [0.5, 0.6) is 0 Å². The molecule has 14 heteroatoms. The smallest absolute Gasteiger partial charge is 0.326 e. The SMILES string of the molecule is CC(C)C(NC(=O)C(CCC(=O)O)NC(=O)C(CCC(N)=O)NC(=O)C(N)CO)C(=O)O. The van der Waals surface area contributed by atoms with Gasteiger partial charge < -0.3 is 42.7 Å². The van der Waals surface area contributed by atoms with Crippen LogP contribution in [0.4, 0.5) is 0 Å². The fourth-order valence-electron chi connectivity index (χ4n) is 2.49. The highest BCUT2D eigenvalue weighted by atomic mass is 16.4. The van der Waals surface area contributed by atoms with Crippen LogP contribution in [0.3, 0.4) is 0 Å². The third-order valence-electron chi connectivity index (χ3n) is 4.36. The Morgan fingerprint density at radius 1 is 0.812 bits per heavy atom. The fourth-order valence-corrected chi connectivity index (χ4v) is 2.49. The Kier molecular flexibility index (Phi) is 12.5. The lowest BCUT2D eigenvalue weighted by atomic mass is 10.0. The molecule has 0 aliphatic heterocycles. The van der Waals surface area contributed by atoms with Crippen molar-refractivity contribution in [2.45, 2.75) is 63.7 Å². The molecule has 0 aliphatic rings. The van der Waals surface area contributed by atoms with E-state index in [1.54, 1.807) is 13.8 Å². The molecule has 0 bridgehead atoms. The molecule has 4 amide bonds. The minimum Gasteiger partial charge on any atom is -0.481 e. The predicted molar refractivity (Wildman–Crippen MR) is 109 cm³/mol. The van der Waals surface area contributed by atoms with Crippen molar-refractivity contribution in [1.29, 1.82) is 0 Å². The van der Waals surface area contributed by atoms with Crippen LogP contribution in [0.2, 0.25) is 0 Å². The van der Waals surface area contributed by atoms with Crippen LogP contribution in [-0.2, 0) is 28.8 Å². The van der Waals surface area contributed by atoms with Crippen molar-refractivity contribution in [2.24, 2.45) is 17.4 Å². The highest BCUT2D eigenvalue weighted by molar-refractivity contribution is 5.94. The Balaban J connectivity index is 5.57. The van der Waals surface area contributed by atoms with E-state index in [1.165, 1.54) is 0 Å². The summed E-state index contributed by atoms with van der Waals surface area (Å²) >= 11 is 0. The standard InChI is InChI=1S/C18H31N5O9/c1-8(2)14(18(31)32)23-17(30)11(4-6-13(26)27)22-16(29)10(3-5-12(20)25)21-15(28)9(19)7-24/h8-11,14,24H,3-7,19H2,1-2H3,(H2,20,25)(H,21,28)(H,22,29)(H,23,30)(H,26,27)(H,31,32). The summed E-state index contributed by atoms with van der Waals surface area (Å²) in [4.78, 5) is 70.6. The lowest BCUT2D eigenvalue weighted by molar-refractivity contribution is -0.144. The van der Waals surface area contributed by atoms with Gasteiger partial charge in [-0.05, 0) is 18.8 Å². The summed E-state index contributed by atoms with van der Waals surface area (Å²) in [5.74, 6) is -6.65. The molecule has 0 heterocycles. The van der Waals surface area contributed by atoms with Crippen LogP contribution in [-0.4, -0.2) is 81.7 Å². The maximum atomic E-state index is 12.7. The molecule has 10 N–H and O–H groups in total. The first kappa shape index (κ1) is 28.7. The van der Waals surface area contributed by atoms with E-state index in [4.69, 9.17) is 21.7 Å². The third-order valence-corrected chi connectivity index (χ3v) is 4.36. The second-order valence-corrected chi connectivity index (χ2v) is 7.42. The number of primary amides is 1. The van der Waals surface area contributed by atoms with Crippen LogP contribution in [0.15, 0.2) is 0 Å². The van der Waals surface area contributed by atoms with Gasteiger partial charge in [0.05, 0.1) is 6.61 Å². The van der Waals surface area contributed by atoms with E-state index in [9.17, 15) is 33.9 Å². The first-order chi connectivity index (χ1) is 14.8. The molecular weight excluding hydrogens is 430 g/mol. The molecule has 0 saturated carbocycles. The average Bonchev–Trinajstić information content (AvgIpc) is 2.69. The number of aliphatic carboxylic acids is 2. The van der Waals surface area contributed by atoms with E-state index in [1.807, 2.05) is 0 Å². The zero-order chi connectivity index (χ0) is 25.0. The number of carbonyl (C=O) groups excluding carboxylic acids is 4. The van der Waals surface area contributed by atoms with E-state index in [-0.39, 0.29) is 19.3 Å². The molecule has 0 radical (unpaired) electrons. The molecule has 0 saturated heterocycles. The van der Waals surface area contributed by atoms with Crippen LogP contribution < -0.4 is 27.4 Å². The van der Waals surface area contributed by atoms with Gasteiger partial charge >= 0.3 is 11.9 Å². The van der Waals surface area contributed by atoms with E-state index >= 15 is 0 Å². The first-order valence-corrected chi connectivity index (χ1v) is 9.80. The Bertz CT molecular complexity index is 713. The maximum Gasteiger partial charge on any atom is 0.326 e. The van der Waals surface area contributed by atoms with Gasteiger partial charge in [0.2, 0.25) is 23.6 Å². The Morgan fingerprint density at radius 2 is 1.28 bits per heavy atom. The summed E-state index contributed by atoms with van der Waals surface area (Å²) in [7, 11) is 0. The molecule has 32 heavy (non-hydrogen) atoms. The number of carboxylic acid groups (broad SMARTS) is 2. The number of nitrogens with two attached hydrogens (primary N) is 2. The topological polar surface area (TPSA) is 251 Å². The largest absolute Gasteiger partial charge is 0.481 e. The molecule has 0 aromatic heterocycles. The van der Waals surface area contributed by atoms with Gasteiger partial charge in [-0.25, -0.2) is 4.79 Å². The molecule has 0 aromatic rings. The van der Waals surface area contributed by atoms with E-state index in [2.05, 4.69) is 16.0 Å². The van der Waals surface area contributed by atoms with Gasteiger partial charge in [0.25, 0.3) is 0 Å². The number of hydrogen-bond acceptors (Lipinski definition) is 8. The Morgan fingerprint density at radius 3 is 1.69 bits per heavy atom. The minimum absolute atomic E-state index is 0.262. The van der Waals surface area contributed by atoms with Crippen molar-refractivity contribution in [3.63, 3.8) is 0 Å². The van der Waals surface area contributed by atoms with Crippen molar-refractivity contribution >= 4 is 35.6 Å². The van der Waals surface area contributed by atoms with Gasteiger partial charge in [-0.1, -0.05) is 13.8 Å². The molecular formula is C18H31N5O9. The number of rotatable bonds is 15. The number of amides is 4. The normalized spacial score (nSPS) is 14.5. The number of aliphatic hydroxyl groups is 1. The average molecular weight is 461 g/mol. The summed E-state index contributed by atoms with van der Waals surface area (Å²) in [6, 6.07) is -5.47. The number of carbonyl (C=O) groups is 6. The van der Waals surface area contributed by atoms with E-state index < -0.39 is 78.7 Å². The van der Waals surface area contributed by atoms with Crippen LogP contribution in [0, 0.1) is 5.92 Å². The van der Waals surface area contributed by atoms with Crippen molar-refractivity contribution in [3.8, 4) is 0 Å². The predicted octanol–water partition coefficient (Wildman–Crippen LogP) is -3.37. The van der Waals surface area contributed by atoms with Crippen molar-refractivity contribution in [1.82, 2.24) is 16.0 Å². The molecule has 14 nitrogen and oxygen atoms in total. The van der Waals surface area contributed by atoms with Crippen molar-refractivity contribution < 1.29 is 44.1 Å². The van der Waals surface area contributed by atoms with Crippen LogP contribution in [0.25, 0.3) is 0 Å². The molecule has 0 fully saturated rings. The van der Waals surface area contributed by atoms with Gasteiger partial charge in [-0.3, -0.25) is 24.0 Å². The summed E-state index contributed by atoms with van der Waals surface area (Å²) in [5.41, 5.74) is 10.5. The second-order valence-electron chi connectivity index (χ2n) is 7.42. The number of nitrogens with one attached hydrogen (secondary N) is 3. The molecule has 0 aromatic carbocycles. The minimum atomic E-state index is -1.45. The van der Waals surface area contributed by atoms with Crippen molar-refractivity contribution in [2.75, 3.05) is 6.61 Å². The maximum absolute atomic E-state index is 12.7. The van der Waals surface area contributed by atoms with Gasteiger partial charge in [-0.2, -0.15) is 0 Å². The second kappa shape index (κ2) is 13.9. The van der Waals surface area contributed by atoms with E-state index in [0.717, 1.165) is 0 Å². The van der Waals surface area contributed by atoms with Gasteiger partial charge in [0.1, 0.15) is 24.2 Å². The summed E-state index contributed by atoms with van der Waals surface area (Å²) in [6.45, 7) is 2.37. The summed E-state index contributed by atoms with van der Waals surface area (Å²) in [6.07, 6.45) is -1.47. The molecule has 182 valence electrons. The zero-order valence-electron chi connectivity index (χ0n) is 17.9. The van der Waals surface area contributed by atoms with Gasteiger partial charge in [0, 0.05) is 12.8 Å². The third kappa shape index (κ3) is 10.7. The van der Waals surface area contributed by atoms with Gasteiger partial charge in [-0.15, -0.1) is 0 Å². The summed E-state index contributed by atoms with van der Waals surface area (Å²) < 4.78 is 0. The zero-order valence-corrected chi connectivity index (χ0v) is 17.9. The lowest BCUT2D eigenvalue weighted by Crippen LogP contribution is -2.58. The lowest BCUT2D eigenvalue weighted by Gasteiger charge is -2.25. The summed E-state index contributed by atoms with van der Waals surface area (Å²) in [5, 5.41) is 33.9. The molecule has 0 spiro atoms. The van der Waals surface area contributed by atoms with E-state index in [0.29, 0.717) is 0 Å². The quantitative estimate of drug-likeness (QED) is 0.120. The van der Waals surface area contributed by atoms with Crippen molar-refractivity contribution in [3.05, 3.63) is 0 Å². The molecule has 4 atom stereocenters. The van der Waals surface area contributed by atoms with Crippen LogP contribution >= 0.6 is 0 Å². The number of carboxylic acids is 2. The van der Waals surface area contributed by atoms with Gasteiger partial charge in [0.15, 0.2) is 0 Å². The number of aliphatic hydroxyl groups excluding tert-OH is 1. The molecule has 0 rings (SSSR count). The highest BCUT2D eigenvalue weighted by Crippen LogP contribution is 2.06. The molecule has 0 aliphatic carbocycles. The molecule has 4 unspecified atom stereocenters. The highest BCUT2D eigenvalue weighted by Gasteiger charge is 2.31.